The van der Waals surface area contributed by atoms with E-state index in [0.29, 0.717) is 22.7 Å². The van der Waals surface area contributed by atoms with Crippen LogP contribution >= 0.6 is 0 Å². The SMILES string of the molecule is COc1cccc(-c2noc(-c3nn(-c4cccc(F)c4)ccc3=O)n2)c1OC. The fraction of sp³-hybridized carbons (Fsp3) is 0.100. The average Bonchev–Trinajstić information content (AvgIpc) is 3.23. The lowest BCUT2D eigenvalue weighted by Gasteiger charge is -2.09. The smallest absolute Gasteiger partial charge is 0.282 e. The third-order valence-corrected chi connectivity index (χ3v) is 4.15. The van der Waals surface area contributed by atoms with E-state index in [1.165, 1.54) is 43.3 Å². The molecule has 0 radical (unpaired) electrons. The molecule has 29 heavy (non-hydrogen) atoms. The quantitative estimate of drug-likeness (QED) is 0.513. The molecule has 0 N–H and O–H groups in total. The molecule has 0 saturated carbocycles. The summed E-state index contributed by atoms with van der Waals surface area (Å²) in [6, 6.07) is 12.3. The predicted octanol–water partition coefficient (Wildman–Crippen LogP) is 3.11. The van der Waals surface area contributed by atoms with Crippen LogP contribution in [0.15, 0.2) is 64.0 Å². The molecule has 0 saturated heterocycles. The molecular weight excluding hydrogens is 379 g/mol. The van der Waals surface area contributed by atoms with Gasteiger partial charge in [0.2, 0.25) is 11.3 Å². The molecule has 0 spiro atoms. The Kier molecular flexibility index (Phi) is 4.78. The van der Waals surface area contributed by atoms with Gasteiger partial charge in [0.15, 0.2) is 17.2 Å². The molecule has 2 aromatic carbocycles. The third kappa shape index (κ3) is 3.45. The van der Waals surface area contributed by atoms with E-state index in [0.717, 1.165) is 0 Å². The second-order valence-corrected chi connectivity index (χ2v) is 5.92. The zero-order valence-electron chi connectivity index (χ0n) is 15.5. The molecule has 0 atom stereocenters. The number of hydrogen-bond acceptors (Lipinski definition) is 7. The van der Waals surface area contributed by atoms with Gasteiger partial charge in [0.05, 0.1) is 25.5 Å². The maximum atomic E-state index is 13.5. The molecular formula is C20H15FN4O4. The van der Waals surface area contributed by atoms with Crippen LogP contribution in [-0.2, 0) is 0 Å². The Morgan fingerprint density at radius 3 is 2.66 bits per heavy atom. The van der Waals surface area contributed by atoms with E-state index in [4.69, 9.17) is 14.0 Å². The molecule has 4 rings (SSSR count). The van der Waals surface area contributed by atoms with E-state index in [1.807, 2.05) is 0 Å². The highest BCUT2D eigenvalue weighted by atomic mass is 19.1. The molecule has 8 nitrogen and oxygen atoms in total. The topological polar surface area (TPSA) is 92.3 Å². The monoisotopic (exact) mass is 394 g/mol. The molecule has 0 aliphatic rings. The van der Waals surface area contributed by atoms with E-state index >= 15 is 0 Å². The summed E-state index contributed by atoms with van der Waals surface area (Å²) >= 11 is 0. The largest absolute Gasteiger partial charge is 0.493 e. The first-order chi connectivity index (χ1) is 14.1. The van der Waals surface area contributed by atoms with Gasteiger partial charge in [0, 0.05) is 12.3 Å². The summed E-state index contributed by atoms with van der Waals surface area (Å²) in [6.45, 7) is 0. The second-order valence-electron chi connectivity index (χ2n) is 5.92. The summed E-state index contributed by atoms with van der Waals surface area (Å²) in [5.41, 5.74) is 0.506. The molecule has 0 bridgehead atoms. The van der Waals surface area contributed by atoms with Crippen LogP contribution < -0.4 is 14.9 Å². The number of para-hydroxylation sites is 1. The van der Waals surface area contributed by atoms with Gasteiger partial charge >= 0.3 is 0 Å². The molecule has 2 heterocycles. The second kappa shape index (κ2) is 7.55. The van der Waals surface area contributed by atoms with E-state index in [-0.39, 0.29) is 17.4 Å². The van der Waals surface area contributed by atoms with E-state index < -0.39 is 11.2 Å². The number of aromatic nitrogens is 4. The number of rotatable bonds is 5. The summed E-state index contributed by atoms with van der Waals surface area (Å²) in [6.07, 6.45) is 1.43. The average molecular weight is 394 g/mol. The van der Waals surface area contributed by atoms with Crippen molar-refractivity contribution in [2.45, 2.75) is 0 Å². The summed E-state index contributed by atoms with van der Waals surface area (Å²) in [5.74, 6) is 0.650. The normalized spacial score (nSPS) is 10.7. The Balaban J connectivity index is 1.78. The van der Waals surface area contributed by atoms with Crippen LogP contribution in [0.25, 0.3) is 28.7 Å². The fourth-order valence-electron chi connectivity index (χ4n) is 2.81. The maximum Gasteiger partial charge on any atom is 0.282 e. The molecule has 0 amide bonds. The highest BCUT2D eigenvalue weighted by molar-refractivity contribution is 5.69. The van der Waals surface area contributed by atoms with Gasteiger partial charge in [-0.3, -0.25) is 4.79 Å². The van der Waals surface area contributed by atoms with Crippen LogP contribution in [0, 0.1) is 5.82 Å². The third-order valence-electron chi connectivity index (χ3n) is 4.15. The summed E-state index contributed by atoms with van der Waals surface area (Å²) in [7, 11) is 3.02. The van der Waals surface area contributed by atoms with Gasteiger partial charge in [-0.25, -0.2) is 9.07 Å². The molecule has 146 valence electrons. The van der Waals surface area contributed by atoms with Gasteiger partial charge in [-0.1, -0.05) is 17.3 Å². The maximum absolute atomic E-state index is 13.5. The first-order valence-electron chi connectivity index (χ1n) is 8.52. The molecule has 9 heteroatoms. The zero-order valence-corrected chi connectivity index (χ0v) is 15.5. The minimum Gasteiger partial charge on any atom is -0.493 e. The van der Waals surface area contributed by atoms with Crippen LogP contribution in [0.4, 0.5) is 4.39 Å². The number of halogens is 1. The molecule has 0 aliphatic heterocycles. The summed E-state index contributed by atoms with van der Waals surface area (Å²) in [5, 5.41) is 8.16. The van der Waals surface area contributed by atoms with Crippen LogP contribution in [-0.4, -0.2) is 34.1 Å². The Morgan fingerprint density at radius 1 is 1.07 bits per heavy atom. The number of nitrogens with zero attached hydrogens (tertiary/aromatic N) is 4. The summed E-state index contributed by atoms with van der Waals surface area (Å²) in [4.78, 5) is 16.6. The Morgan fingerprint density at radius 2 is 1.90 bits per heavy atom. The molecule has 0 aliphatic carbocycles. The number of methoxy groups -OCH3 is 2. The van der Waals surface area contributed by atoms with E-state index in [1.54, 1.807) is 30.3 Å². The standard InChI is InChI=1S/C20H15FN4O4/c1-27-16-8-4-7-14(18(16)28-2)19-22-20(29-24-19)17-15(26)9-10-25(23-17)13-6-3-5-12(21)11-13/h3-11H,1-2H3. The van der Waals surface area contributed by atoms with Gasteiger partial charge in [-0.15, -0.1) is 0 Å². The Hall–Kier alpha value is -4.01. The molecule has 4 aromatic rings. The van der Waals surface area contributed by atoms with Crippen molar-refractivity contribution in [2.24, 2.45) is 0 Å². The van der Waals surface area contributed by atoms with E-state index in [9.17, 15) is 9.18 Å². The first kappa shape index (κ1) is 18.4. The van der Waals surface area contributed by atoms with Crippen molar-refractivity contribution >= 4 is 0 Å². The minimum atomic E-state index is -0.422. The van der Waals surface area contributed by atoms with Crippen LogP contribution in [0.1, 0.15) is 0 Å². The minimum absolute atomic E-state index is 0.0580. The van der Waals surface area contributed by atoms with Crippen LogP contribution in [0.2, 0.25) is 0 Å². The van der Waals surface area contributed by atoms with Gasteiger partial charge in [0.25, 0.3) is 5.89 Å². The molecule has 0 fully saturated rings. The Bertz CT molecular complexity index is 1240. The van der Waals surface area contributed by atoms with Crippen molar-refractivity contribution < 1.29 is 18.4 Å². The lowest BCUT2D eigenvalue weighted by molar-refractivity contribution is 0.355. The van der Waals surface area contributed by atoms with Crippen molar-refractivity contribution in [1.29, 1.82) is 0 Å². The highest BCUT2D eigenvalue weighted by Crippen LogP contribution is 2.36. The number of benzene rings is 2. The predicted molar refractivity (Wildman–Crippen MR) is 102 cm³/mol. The zero-order chi connectivity index (χ0) is 20.4. The van der Waals surface area contributed by atoms with Gasteiger partial charge in [0.1, 0.15) is 5.82 Å². The van der Waals surface area contributed by atoms with Gasteiger partial charge < -0.3 is 14.0 Å². The summed E-state index contributed by atoms with van der Waals surface area (Å²) < 4.78 is 30.8. The van der Waals surface area contributed by atoms with Crippen molar-refractivity contribution in [3.8, 4) is 40.2 Å². The fourth-order valence-corrected chi connectivity index (χ4v) is 2.81. The van der Waals surface area contributed by atoms with Gasteiger partial charge in [-0.05, 0) is 30.3 Å². The lowest BCUT2D eigenvalue weighted by atomic mass is 10.1. The van der Waals surface area contributed by atoms with Gasteiger partial charge in [-0.2, -0.15) is 10.1 Å². The van der Waals surface area contributed by atoms with Crippen molar-refractivity contribution in [1.82, 2.24) is 19.9 Å². The first-order valence-corrected chi connectivity index (χ1v) is 8.52. The van der Waals surface area contributed by atoms with Crippen LogP contribution in [0.5, 0.6) is 11.5 Å². The van der Waals surface area contributed by atoms with E-state index in [2.05, 4.69) is 15.2 Å². The van der Waals surface area contributed by atoms with Crippen molar-refractivity contribution in [3.63, 3.8) is 0 Å². The lowest BCUT2D eigenvalue weighted by Crippen LogP contribution is -2.12. The molecule has 0 unspecified atom stereocenters. The van der Waals surface area contributed by atoms with Crippen molar-refractivity contribution in [3.05, 3.63) is 70.8 Å². The van der Waals surface area contributed by atoms with Crippen LogP contribution in [0.3, 0.4) is 0 Å². The van der Waals surface area contributed by atoms with Crippen molar-refractivity contribution in [2.75, 3.05) is 14.2 Å². The number of hydrogen-bond donors (Lipinski definition) is 0. The Labute approximate surface area is 164 Å². The molecule has 2 aromatic heterocycles. The number of ether oxygens (including phenoxy) is 2. The highest BCUT2D eigenvalue weighted by Gasteiger charge is 2.20.